The summed E-state index contributed by atoms with van der Waals surface area (Å²) in [5.41, 5.74) is 9.34. The maximum Gasteiger partial charge on any atom is 0.161 e. The first kappa shape index (κ1) is 26.8. The van der Waals surface area contributed by atoms with Crippen LogP contribution in [-0.4, -0.2) is 19.5 Å². The number of nitrogens with two attached hydrogens (primary N) is 1. The summed E-state index contributed by atoms with van der Waals surface area (Å²) in [5, 5.41) is 0. The van der Waals surface area contributed by atoms with Crippen LogP contribution in [0, 0.1) is 40.9 Å². The molecule has 0 aliphatic heterocycles. The van der Waals surface area contributed by atoms with E-state index in [1.54, 1.807) is 7.11 Å². The van der Waals surface area contributed by atoms with Gasteiger partial charge in [0, 0.05) is 12.0 Å². The Balaban J connectivity index is 1.25. The van der Waals surface area contributed by atoms with Crippen LogP contribution >= 0.6 is 0 Å². The Hall–Kier alpha value is -1.81. The van der Waals surface area contributed by atoms with E-state index in [4.69, 9.17) is 15.2 Å². The molecule has 0 amide bonds. The number of carbonyl (C=O) groups is 1. The predicted octanol–water partition coefficient (Wildman–Crippen LogP) is 7.44. The minimum absolute atomic E-state index is 0.321. The molecule has 37 heavy (non-hydrogen) atoms. The van der Waals surface area contributed by atoms with E-state index in [1.807, 2.05) is 6.08 Å². The lowest BCUT2D eigenvalue weighted by molar-refractivity contribution is -0.116. The second-order valence-electron chi connectivity index (χ2n) is 13.0. The highest BCUT2D eigenvalue weighted by molar-refractivity contribution is 5.91. The van der Waals surface area contributed by atoms with Crippen molar-refractivity contribution >= 4 is 5.78 Å². The molecule has 5 rings (SSSR count). The second-order valence-corrected chi connectivity index (χ2v) is 13.0. The number of ketones is 1. The maximum atomic E-state index is 12.1. The molecule has 0 aromatic heterocycles. The van der Waals surface area contributed by atoms with E-state index in [0.29, 0.717) is 23.0 Å². The number of rotatable bonds is 8. The van der Waals surface area contributed by atoms with Crippen LogP contribution in [0.4, 0.5) is 0 Å². The molecular formula is C33H49NO3. The molecule has 3 fully saturated rings. The highest BCUT2D eigenvalue weighted by atomic mass is 16.5. The molecule has 1 aromatic rings. The van der Waals surface area contributed by atoms with Gasteiger partial charge in [0.15, 0.2) is 17.3 Å². The quantitative estimate of drug-likeness (QED) is 0.397. The largest absolute Gasteiger partial charge is 0.493 e. The number of benzene rings is 1. The first-order valence-electron chi connectivity index (χ1n) is 15.1. The molecule has 4 heteroatoms. The van der Waals surface area contributed by atoms with Gasteiger partial charge in [-0.25, -0.2) is 0 Å². The van der Waals surface area contributed by atoms with Crippen molar-refractivity contribution in [2.45, 2.75) is 97.4 Å². The van der Waals surface area contributed by atoms with Gasteiger partial charge in [0.2, 0.25) is 0 Å². The van der Waals surface area contributed by atoms with Crippen molar-refractivity contribution in [3.8, 4) is 11.5 Å². The van der Waals surface area contributed by atoms with Gasteiger partial charge in [-0.2, -0.15) is 0 Å². The number of allylic oxidation sites excluding steroid dienone is 1. The minimum Gasteiger partial charge on any atom is -0.493 e. The molecular weight excluding hydrogens is 458 g/mol. The lowest BCUT2D eigenvalue weighted by atomic mass is 9.49. The molecule has 7 atom stereocenters. The smallest absolute Gasteiger partial charge is 0.161 e. The topological polar surface area (TPSA) is 61.5 Å². The first-order chi connectivity index (χ1) is 17.7. The van der Waals surface area contributed by atoms with Crippen molar-refractivity contribution in [3.05, 3.63) is 35.4 Å². The SMILES string of the molecule is CCC(N)(CC)c1ccc(OCC[C@H]2CCC3C4C(CCC32C)C2CCC(=O)C=C2C[C@H]4C)c(OC)c1. The van der Waals surface area contributed by atoms with Gasteiger partial charge >= 0.3 is 0 Å². The molecule has 4 aliphatic rings. The molecule has 4 nitrogen and oxygen atoms in total. The fourth-order valence-corrected chi connectivity index (χ4v) is 9.24. The van der Waals surface area contributed by atoms with E-state index in [-0.39, 0.29) is 5.54 Å². The zero-order chi connectivity index (χ0) is 26.4. The highest BCUT2D eigenvalue weighted by Crippen LogP contribution is 2.65. The van der Waals surface area contributed by atoms with E-state index in [0.717, 1.165) is 85.9 Å². The maximum absolute atomic E-state index is 12.1. The summed E-state index contributed by atoms with van der Waals surface area (Å²) in [7, 11) is 1.72. The van der Waals surface area contributed by atoms with Crippen molar-refractivity contribution in [3.63, 3.8) is 0 Å². The Morgan fingerprint density at radius 1 is 1.11 bits per heavy atom. The van der Waals surface area contributed by atoms with E-state index < -0.39 is 0 Å². The minimum atomic E-state index is -0.321. The molecule has 1 aromatic carbocycles. The summed E-state index contributed by atoms with van der Waals surface area (Å²) in [5.74, 6) is 6.50. The van der Waals surface area contributed by atoms with Crippen LogP contribution < -0.4 is 15.2 Å². The van der Waals surface area contributed by atoms with Crippen molar-refractivity contribution in [2.24, 2.45) is 46.7 Å². The van der Waals surface area contributed by atoms with Crippen LogP contribution in [0.5, 0.6) is 11.5 Å². The first-order valence-corrected chi connectivity index (χ1v) is 15.1. The van der Waals surface area contributed by atoms with Gasteiger partial charge < -0.3 is 15.2 Å². The molecule has 0 bridgehead atoms. The average molecular weight is 508 g/mol. The third-order valence-electron chi connectivity index (χ3n) is 11.6. The summed E-state index contributed by atoms with van der Waals surface area (Å²) in [4.78, 5) is 12.1. The van der Waals surface area contributed by atoms with Crippen LogP contribution in [0.3, 0.4) is 0 Å². The van der Waals surface area contributed by atoms with Crippen molar-refractivity contribution in [1.82, 2.24) is 0 Å². The van der Waals surface area contributed by atoms with Gasteiger partial charge in [-0.15, -0.1) is 0 Å². The van der Waals surface area contributed by atoms with Crippen molar-refractivity contribution in [2.75, 3.05) is 13.7 Å². The molecule has 5 unspecified atom stereocenters. The normalized spacial score (nSPS) is 35.3. The molecule has 0 spiro atoms. The molecule has 3 saturated carbocycles. The average Bonchev–Trinajstić information content (AvgIpc) is 3.24. The summed E-state index contributed by atoms with van der Waals surface area (Å²) in [6.07, 6.45) is 13.3. The Kier molecular flexibility index (Phi) is 7.53. The lowest BCUT2D eigenvalue weighted by Gasteiger charge is -2.56. The highest BCUT2D eigenvalue weighted by Gasteiger charge is 2.57. The second kappa shape index (κ2) is 10.4. The molecule has 0 radical (unpaired) electrons. The zero-order valence-corrected chi connectivity index (χ0v) is 23.9. The summed E-state index contributed by atoms with van der Waals surface area (Å²) < 4.78 is 12.1. The van der Waals surface area contributed by atoms with Crippen LogP contribution in [0.1, 0.15) is 97.5 Å². The monoisotopic (exact) mass is 507 g/mol. The lowest BCUT2D eigenvalue weighted by Crippen LogP contribution is -2.49. The number of methoxy groups -OCH3 is 1. The summed E-state index contributed by atoms with van der Waals surface area (Å²) in [6, 6.07) is 6.24. The molecule has 204 valence electrons. The number of fused-ring (bicyclic) bond motifs is 5. The van der Waals surface area contributed by atoms with E-state index in [9.17, 15) is 4.79 Å². The van der Waals surface area contributed by atoms with Crippen molar-refractivity contribution in [1.29, 1.82) is 0 Å². The third-order valence-corrected chi connectivity index (χ3v) is 11.6. The predicted molar refractivity (Wildman–Crippen MR) is 150 cm³/mol. The van der Waals surface area contributed by atoms with Crippen LogP contribution in [-0.2, 0) is 10.3 Å². The Morgan fingerprint density at radius 3 is 2.62 bits per heavy atom. The third kappa shape index (κ3) is 4.66. The van der Waals surface area contributed by atoms with Crippen molar-refractivity contribution < 1.29 is 14.3 Å². The van der Waals surface area contributed by atoms with Gasteiger partial charge in [0.1, 0.15) is 0 Å². The Bertz CT molecular complexity index is 1030. The fourth-order valence-electron chi connectivity index (χ4n) is 9.24. The standard InChI is InChI=1S/C33H49NO3/c1-6-33(34,7-2)24-9-13-29(30(20-24)36-5)37-17-15-23-8-12-28-31-21(3)18-22-19-25(35)10-11-26(22)27(31)14-16-32(23,28)4/h9,13,19-21,23,26-28,31H,6-8,10-12,14-18,34H2,1-5H3/t21-,23-,26?,27?,28?,31?,32?/m1/s1. The van der Waals surface area contributed by atoms with Gasteiger partial charge in [-0.1, -0.05) is 39.3 Å². The summed E-state index contributed by atoms with van der Waals surface area (Å²) >= 11 is 0. The van der Waals surface area contributed by atoms with E-state index >= 15 is 0 Å². The van der Waals surface area contributed by atoms with Crippen LogP contribution in [0.2, 0.25) is 0 Å². The summed E-state index contributed by atoms with van der Waals surface area (Å²) in [6.45, 7) is 10.1. The number of carbonyl (C=O) groups excluding carboxylic acids is 1. The molecule has 2 N–H and O–H groups in total. The van der Waals surface area contributed by atoms with Gasteiger partial charge in [-0.05, 0) is 122 Å². The van der Waals surface area contributed by atoms with Gasteiger partial charge in [-0.3, -0.25) is 4.79 Å². The molecule has 0 saturated heterocycles. The molecule has 4 aliphatic carbocycles. The van der Waals surface area contributed by atoms with Crippen LogP contribution in [0.15, 0.2) is 29.8 Å². The number of ether oxygens (including phenoxy) is 2. The zero-order valence-electron chi connectivity index (χ0n) is 23.9. The van der Waals surface area contributed by atoms with E-state index in [1.165, 1.54) is 31.3 Å². The Labute approximate surface area is 224 Å². The van der Waals surface area contributed by atoms with Gasteiger partial charge in [0.05, 0.1) is 13.7 Å². The fraction of sp³-hybridized carbons (Fsp3) is 0.727. The number of hydrogen-bond acceptors (Lipinski definition) is 4. The van der Waals surface area contributed by atoms with E-state index in [2.05, 4.69) is 45.9 Å². The molecule has 0 heterocycles. The number of hydrogen-bond donors (Lipinski definition) is 1. The van der Waals surface area contributed by atoms with Gasteiger partial charge in [0.25, 0.3) is 0 Å². The van der Waals surface area contributed by atoms with Crippen LogP contribution in [0.25, 0.3) is 0 Å². The Morgan fingerprint density at radius 2 is 1.89 bits per heavy atom.